The van der Waals surface area contributed by atoms with Gasteiger partial charge in [0.25, 0.3) is 14.2 Å². The topological polar surface area (TPSA) is 82.7 Å². The van der Waals surface area contributed by atoms with Crippen molar-refractivity contribution < 1.29 is 8.42 Å². The summed E-state index contributed by atoms with van der Waals surface area (Å²) in [5.74, 6) is 0.501. The number of halogens is 1. The molecule has 0 spiro atoms. The summed E-state index contributed by atoms with van der Waals surface area (Å²) in [6, 6.07) is 2.00. The van der Waals surface area contributed by atoms with Crippen LogP contribution in [0.25, 0.3) is 11.5 Å². The average molecular weight is 316 g/mol. The minimum absolute atomic E-state index is 0.100. The Morgan fingerprint density at radius 2 is 2.10 bits per heavy atom. The van der Waals surface area contributed by atoms with Crippen LogP contribution in [-0.2, 0) is 22.5 Å². The molecule has 9 heteroatoms. The molecular weight excluding hydrogens is 302 g/mol. The molecule has 0 radical (unpaired) electrons. The van der Waals surface area contributed by atoms with Crippen LogP contribution in [0.2, 0.25) is 0 Å². The zero-order valence-electron chi connectivity index (χ0n) is 11.1. The molecule has 2 aromatic heterocycles. The van der Waals surface area contributed by atoms with Crippen molar-refractivity contribution in [3.05, 3.63) is 11.8 Å². The number of nitrogens with zero attached hydrogens (tertiary/aromatic N) is 5. The van der Waals surface area contributed by atoms with Gasteiger partial charge in [-0.05, 0) is 25.3 Å². The van der Waals surface area contributed by atoms with Crippen molar-refractivity contribution >= 4 is 19.7 Å². The van der Waals surface area contributed by atoms with Gasteiger partial charge in [0.2, 0.25) is 0 Å². The van der Waals surface area contributed by atoms with E-state index in [1.165, 1.54) is 0 Å². The Hall–Kier alpha value is -1.41. The second kappa shape index (κ2) is 4.56. The van der Waals surface area contributed by atoms with Gasteiger partial charge in [0.15, 0.2) is 5.82 Å². The number of aryl methyl sites for hydroxylation is 2. The summed E-state index contributed by atoms with van der Waals surface area (Å²) in [4.78, 5) is 0. The van der Waals surface area contributed by atoms with E-state index in [1.54, 1.807) is 16.3 Å². The fourth-order valence-corrected chi connectivity index (χ4v) is 3.11. The maximum absolute atomic E-state index is 11.6. The number of aromatic nitrogens is 5. The normalized spacial score (nSPS) is 15.8. The molecule has 3 rings (SSSR count). The Bertz CT molecular complexity index is 760. The SMILES string of the molecule is CCc1cc(-c2nnc(S(=O)(=O)Cl)n2C2CC2)n(C)n1. The van der Waals surface area contributed by atoms with E-state index in [0.717, 1.165) is 30.7 Å². The van der Waals surface area contributed by atoms with Crippen LogP contribution in [0.5, 0.6) is 0 Å². The molecule has 2 heterocycles. The first kappa shape index (κ1) is 13.6. The van der Waals surface area contributed by atoms with E-state index in [0.29, 0.717) is 5.82 Å². The van der Waals surface area contributed by atoms with Crippen LogP contribution in [0.4, 0.5) is 0 Å². The van der Waals surface area contributed by atoms with Crippen LogP contribution in [-0.4, -0.2) is 33.0 Å². The van der Waals surface area contributed by atoms with Gasteiger partial charge in [0.05, 0.1) is 5.69 Å². The zero-order chi connectivity index (χ0) is 14.5. The minimum atomic E-state index is -3.91. The van der Waals surface area contributed by atoms with E-state index in [1.807, 2.05) is 13.0 Å². The first-order valence-electron chi connectivity index (χ1n) is 6.34. The number of rotatable bonds is 4. The van der Waals surface area contributed by atoms with E-state index >= 15 is 0 Å². The van der Waals surface area contributed by atoms with Crippen molar-refractivity contribution in [2.45, 2.75) is 37.4 Å². The van der Waals surface area contributed by atoms with Gasteiger partial charge in [-0.25, -0.2) is 8.42 Å². The van der Waals surface area contributed by atoms with Crippen molar-refractivity contribution in [2.75, 3.05) is 0 Å². The molecule has 1 aliphatic carbocycles. The van der Waals surface area contributed by atoms with Gasteiger partial charge in [-0.2, -0.15) is 5.10 Å². The largest absolute Gasteiger partial charge is 0.296 e. The Morgan fingerprint density at radius 1 is 1.40 bits per heavy atom. The molecule has 0 amide bonds. The molecule has 1 fully saturated rings. The van der Waals surface area contributed by atoms with E-state index in [4.69, 9.17) is 10.7 Å². The molecule has 0 saturated heterocycles. The molecule has 108 valence electrons. The van der Waals surface area contributed by atoms with Crippen molar-refractivity contribution in [1.29, 1.82) is 0 Å². The van der Waals surface area contributed by atoms with Gasteiger partial charge in [0, 0.05) is 23.8 Å². The molecule has 0 aliphatic heterocycles. The molecule has 0 unspecified atom stereocenters. The Labute approximate surface area is 121 Å². The molecule has 1 aliphatic rings. The van der Waals surface area contributed by atoms with Crippen molar-refractivity contribution in [1.82, 2.24) is 24.5 Å². The minimum Gasteiger partial charge on any atom is -0.292 e. The molecule has 0 N–H and O–H groups in total. The summed E-state index contributed by atoms with van der Waals surface area (Å²) in [6.45, 7) is 2.01. The molecule has 20 heavy (non-hydrogen) atoms. The van der Waals surface area contributed by atoms with Crippen molar-refractivity contribution in [2.24, 2.45) is 7.05 Å². The second-order valence-electron chi connectivity index (χ2n) is 4.84. The highest BCUT2D eigenvalue weighted by Crippen LogP contribution is 2.40. The first-order valence-corrected chi connectivity index (χ1v) is 8.65. The molecule has 1 saturated carbocycles. The maximum Gasteiger partial charge on any atom is 0.296 e. The van der Waals surface area contributed by atoms with Gasteiger partial charge in [-0.15, -0.1) is 10.2 Å². The van der Waals surface area contributed by atoms with E-state index in [9.17, 15) is 8.42 Å². The van der Waals surface area contributed by atoms with Crippen molar-refractivity contribution in [3.63, 3.8) is 0 Å². The number of hydrogen-bond donors (Lipinski definition) is 0. The third-order valence-corrected chi connectivity index (χ3v) is 4.44. The van der Waals surface area contributed by atoms with Gasteiger partial charge in [0.1, 0.15) is 5.69 Å². The van der Waals surface area contributed by atoms with Crippen LogP contribution in [0.3, 0.4) is 0 Å². The van der Waals surface area contributed by atoms with Gasteiger partial charge in [-0.1, -0.05) is 6.92 Å². The predicted octanol–water partition coefficient (Wildman–Crippen LogP) is 1.50. The maximum atomic E-state index is 11.6. The zero-order valence-corrected chi connectivity index (χ0v) is 12.7. The van der Waals surface area contributed by atoms with Gasteiger partial charge >= 0.3 is 0 Å². The number of hydrogen-bond acceptors (Lipinski definition) is 5. The van der Waals surface area contributed by atoms with Crippen LogP contribution in [0.1, 0.15) is 31.5 Å². The monoisotopic (exact) mass is 315 g/mol. The van der Waals surface area contributed by atoms with E-state index in [2.05, 4.69) is 15.3 Å². The second-order valence-corrected chi connectivity index (χ2v) is 7.30. The Balaban J connectivity index is 2.19. The molecule has 0 bridgehead atoms. The molecule has 7 nitrogen and oxygen atoms in total. The van der Waals surface area contributed by atoms with E-state index < -0.39 is 9.05 Å². The van der Waals surface area contributed by atoms with Crippen molar-refractivity contribution in [3.8, 4) is 11.5 Å². The van der Waals surface area contributed by atoms with Crippen LogP contribution in [0, 0.1) is 0 Å². The smallest absolute Gasteiger partial charge is 0.292 e. The van der Waals surface area contributed by atoms with E-state index in [-0.39, 0.29) is 11.2 Å². The van der Waals surface area contributed by atoms with Gasteiger partial charge in [-0.3, -0.25) is 9.25 Å². The molecule has 0 atom stereocenters. The standard InChI is InChI=1S/C11H14ClN5O2S/c1-3-7-6-9(16(2)15-7)10-13-14-11(20(12,18)19)17(10)8-4-5-8/h6,8H,3-5H2,1-2H3. The van der Waals surface area contributed by atoms with Crippen LogP contribution >= 0.6 is 10.7 Å². The Morgan fingerprint density at radius 3 is 2.60 bits per heavy atom. The van der Waals surface area contributed by atoms with Crippen LogP contribution < -0.4 is 0 Å². The lowest BCUT2D eigenvalue weighted by molar-refractivity contribution is 0.578. The highest BCUT2D eigenvalue weighted by Gasteiger charge is 2.34. The van der Waals surface area contributed by atoms with Crippen LogP contribution in [0.15, 0.2) is 11.2 Å². The average Bonchev–Trinajstić information content (AvgIpc) is 2.99. The lowest BCUT2D eigenvalue weighted by Gasteiger charge is -2.06. The molecule has 0 aromatic carbocycles. The lowest BCUT2D eigenvalue weighted by Crippen LogP contribution is -2.07. The summed E-state index contributed by atoms with van der Waals surface area (Å²) >= 11 is 0. The Kier molecular flexibility index (Phi) is 3.09. The predicted molar refractivity (Wildman–Crippen MR) is 72.9 cm³/mol. The fourth-order valence-electron chi connectivity index (χ4n) is 2.19. The molecular formula is C11H14ClN5O2S. The lowest BCUT2D eigenvalue weighted by atomic mass is 10.3. The highest BCUT2D eigenvalue weighted by atomic mass is 35.7. The fraction of sp³-hybridized carbons (Fsp3) is 0.545. The summed E-state index contributed by atoms with van der Waals surface area (Å²) in [5.41, 5.74) is 1.66. The molecule has 2 aromatic rings. The summed E-state index contributed by atoms with van der Waals surface area (Å²) in [7, 11) is 3.33. The summed E-state index contributed by atoms with van der Waals surface area (Å²) < 4.78 is 26.5. The third kappa shape index (κ3) is 2.22. The first-order chi connectivity index (χ1) is 9.41. The van der Waals surface area contributed by atoms with Gasteiger partial charge < -0.3 is 0 Å². The highest BCUT2D eigenvalue weighted by molar-refractivity contribution is 8.13. The quantitative estimate of drug-likeness (QED) is 0.799. The summed E-state index contributed by atoms with van der Waals surface area (Å²) in [5, 5.41) is 11.9. The third-order valence-electron chi connectivity index (χ3n) is 3.32. The summed E-state index contributed by atoms with van der Waals surface area (Å²) in [6.07, 6.45) is 2.61.